The summed E-state index contributed by atoms with van der Waals surface area (Å²) in [6.45, 7) is 0.816. The maximum atomic E-state index is 11.8. The molecule has 0 bridgehead atoms. The smallest absolute Gasteiger partial charge is 0.252 e. The van der Waals surface area contributed by atoms with Crippen molar-refractivity contribution in [2.75, 3.05) is 6.54 Å². The summed E-state index contributed by atoms with van der Waals surface area (Å²) in [5.41, 5.74) is 0.725. The van der Waals surface area contributed by atoms with Gasteiger partial charge in [-0.2, -0.15) is 0 Å². The highest BCUT2D eigenvalue weighted by atomic mass is 127. The maximum absolute atomic E-state index is 11.8. The molecule has 1 amide bonds. The molecule has 80 valence electrons. The molecule has 1 aliphatic rings. The van der Waals surface area contributed by atoms with E-state index in [-0.39, 0.29) is 5.91 Å². The van der Waals surface area contributed by atoms with E-state index in [0.717, 1.165) is 26.1 Å². The summed E-state index contributed by atoms with van der Waals surface area (Å²) in [6.07, 6.45) is 2.52. The first-order chi connectivity index (χ1) is 7.16. The molecule has 1 aliphatic carbocycles. The van der Waals surface area contributed by atoms with Crippen LogP contribution in [0.3, 0.4) is 0 Å². The van der Waals surface area contributed by atoms with E-state index in [9.17, 15) is 4.79 Å². The van der Waals surface area contributed by atoms with E-state index in [0.29, 0.717) is 0 Å². The Morgan fingerprint density at radius 3 is 2.93 bits per heavy atom. The minimum atomic E-state index is 0.0206. The zero-order valence-corrected chi connectivity index (χ0v) is 11.8. The fourth-order valence-electron chi connectivity index (χ4n) is 1.33. The topological polar surface area (TPSA) is 29.1 Å². The van der Waals surface area contributed by atoms with Gasteiger partial charge in [-0.3, -0.25) is 4.79 Å². The highest BCUT2D eigenvalue weighted by molar-refractivity contribution is 14.1. The van der Waals surface area contributed by atoms with Gasteiger partial charge in [-0.05, 0) is 75.5 Å². The molecule has 0 spiro atoms. The third-order valence-corrected chi connectivity index (χ3v) is 3.78. The molecule has 0 aliphatic heterocycles. The van der Waals surface area contributed by atoms with Crippen LogP contribution in [0, 0.1) is 9.49 Å². The maximum Gasteiger partial charge on any atom is 0.252 e. The standard InChI is InChI=1S/C11H11BrINO/c12-10-4-3-8(13)5-9(10)11(15)14-6-7-1-2-7/h3-5,7H,1-2,6H2,(H,14,15). The second-order valence-electron chi connectivity index (χ2n) is 3.78. The largest absolute Gasteiger partial charge is 0.352 e. The van der Waals surface area contributed by atoms with Crippen LogP contribution in [0.25, 0.3) is 0 Å². The monoisotopic (exact) mass is 379 g/mol. The summed E-state index contributed by atoms with van der Waals surface area (Å²) in [5.74, 6) is 0.739. The van der Waals surface area contributed by atoms with Gasteiger partial charge in [0.1, 0.15) is 0 Å². The highest BCUT2D eigenvalue weighted by Gasteiger charge is 2.22. The molecule has 0 unspecified atom stereocenters. The number of nitrogens with one attached hydrogen (secondary N) is 1. The molecule has 0 saturated heterocycles. The van der Waals surface area contributed by atoms with E-state index >= 15 is 0 Å². The van der Waals surface area contributed by atoms with Gasteiger partial charge in [0.05, 0.1) is 5.56 Å². The highest BCUT2D eigenvalue weighted by Crippen LogP contribution is 2.28. The van der Waals surface area contributed by atoms with Gasteiger partial charge in [0.2, 0.25) is 0 Å². The third-order valence-electron chi connectivity index (χ3n) is 2.42. The summed E-state index contributed by atoms with van der Waals surface area (Å²) in [5, 5.41) is 2.96. The molecule has 0 radical (unpaired) electrons. The molecule has 1 aromatic carbocycles. The van der Waals surface area contributed by atoms with Crippen molar-refractivity contribution in [3.63, 3.8) is 0 Å². The lowest BCUT2D eigenvalue weighted by atomic mass is 10.2. The van der Waals surface area contributed by atoms with E-state index in [1.807, 2.05) is 18.2 Å². The van der Waals surface area contributed by atoms with Crippen molar-refractivity contribution in [2.24, 2.45) is 5.92 Å². The van der Waals surface area contributed by atoms with Crippen molar-refractivity contribution in [3.05, 3.63) is 31.8 Å². The molecule has 2 rings (SSSR count). The average molecular weight is 380 g/mol. The molecular formula is C11H11BrINO. The van der Waals surface area contributed by atoms with Gasteiger partial charge >= 0.3 is 0 Å². The molecule has 0 atom stereocenters. The first-order valence-corrected chi connectivity index (χ1v) is 6.77. The van der Waals surface area contributed by atoms with Crippen LogP contribution in [0.5, 0.6) is 0 Å². The van der Waals surface area contributed by atoms with Gasteiger partial charge in [-0.1, -0.05) is 0 Å². The molecule has 1 N–H and O–H groups in total. The first-order valence-electron chi connectivity index (χ1n) is 4.90. The fourth-order valence-corrected chi connectivity index (χ4v) is 2.24. The van der Waals surface area contributed by atoms with E-state index < -0.39 is 0 Å². The zero-order valence-electron chi connectivity index (χ0n) is 8.09. The van der Waals surface area contributed by atoms with Crippen LogP contribution in [0.2, 0.25) is 0 Å². The van der Waals surface area contributed by atoms with Gasteiger partial charge in [0.25, 0.3) is 5.91 Å². The van der Waals surface area contributed by atoms with Crippen LogP contribution in [0.15, 0.2) is 22.7 Å². The average Bonchev–Trinajstić information content (AvgIpc) is 3.02. The van der Waals surface area contributed by atoms with Crippen molar-refractivity contribution in [1.82, 2.24) is 5.32 Å². The van der Waals surface area contributed by atoms with E-state index in [4.69, 9.17) is 0 Å². The van der Waals surface area contributed by atoms with E-state index in [1.165, 1.54) is 12.8 Å². The summed E-state index contributed by atoms with van der Waals surface area (Å²) < 4.78 is 1.93. The van der Waals surface area contributed by atoms with Crippen molar-refractivity contribution >= 4 is 44.4 Å². The Bertz CT molecular complexity index is 390. The molecule has 0 heterocycles. The number of amides is 1. The van der Waals surface area contributed by atoms with Crippen molar-refractivity contribution in [1.29, 1.82) is 0 Å². The summed E-state index contributed by atoms with van der Waals surface area (Å²) >= 11 is 5.60. The number of carbonyl (C=O) groups excluding carboxylic acids is 1. The SMILES string of the molecule is O=C(NCC1CC1)c1cc(I)ccc1Br. The second kappa shape index (κ2) is 4.82. The van der Waals surface area contributed by atoms with Crippen LogP contribution in [-0.2, 0) is 0 Å². The molecule has 1 saturated carbocycles. The second-order valence-corrected chi connectivity index (χ2v) is 5.88. The molecular weight excluding hydrogens is 369 g/mol. The lowest BCUT2D eigenvalue weighted by molar-refractivity contribution is 0.0951. The fraction of sp³-hybridized carbons (Fsp3) is 0.364. The Morgan fingerprint density at radius 2 is 2.27 bits per heavy atom. The predicted molar refractivity (Wildman–Crippen MR) is 71.9 cm³/mol. The van der Waals surface area contributed by atoms with Crippen LogP contribution < -0.4 is 5.32 Å². The Morgan fingerprint density at radius 1 is 1.53 bits per heavy atom. The molecule has 0 aromatic heterocycles. The summed E-state index contributed by atoms with van der Waals surface area (Å²) in [6, 6.07) is 5.78. The Labute approximate surface area is 111 Å². The number of rotatable bonds is 3. The molecule has 2 nitrogen and oxygen atoms in total. The number of hydrogen-bond acceptors (Lipinski definition) is 1. The van der Waals surface area contributed by atoms with E-state index in [1.54, 1.807) is 0 Å². The zero-order chi connectivity index (χ0) is 10.8. The van der Waals surface area contributed by atoms with Crippen molar-refractivity contribution in [2.45, 2.75) is 12.8 Å². The van der Waals surface area contributed by atoms with Gasteiger partial charge < -0.3 is 5.32 Å². The molecule has 1 fully saturated rings. The van der Waals surface area contributed by atoms with Gasteiger partial charge in [-0.15, -0.1) is 0 Å². The quantitative estimate of drug-likeness (QED) is 0.803. The number of hydrogen-bond donors (Lipinski definition) is 1. The number of halogens is 2. The summed E-state index contributed by atoms with van der Waals surface area (Å²) in [4.78, 5) is 11.8. The number of carbonyl (C=O) groups is 1. The minimum absolute atomic E-state index is 0.0206. The van der Waals surface area contributed by atoms with Crippen molar-refractivity contribution in [3.8, 4) is 0 Å². The molecule has 15 heavy (non-hydrogen) atoms. The van der Waals surface area contributed by atoms with Crippen LogP contribution in [-0.4, -0.2) is 12.5 Å². The van der Waals surface area contributed by atoms with Gasteiger partial charge in [0, 0.05) is 14.6 Å². The van der Waals surface area contributed by atoms with Crippen LogP contribution >= 0.6 is 38.5 Å². The van der Waals surface area contributed by atoms with Gasteiger partial charge in [-0.25, -0.2) is 0 Å². The predicted octanol–water partition coefficient (Wildman–Crippen LogP) is 3.19. The number of benzene rings is 1. The summed E-state index contributed by atoms with van der Waals surface area (Å²) in [7, 11) is 0. The normalized spacial score (nSPS) is 15.1. The first kappa shape index (κ1) is 11.4. The van der Waals surface area contributed by atoms with Crippen molar-refractivity contribution < 1.29 is 4.79 Å². The minimum Gasteiger partial charge on any atom is -0.352 e. The van der Waals surface area contributed by atoms with Crippen LogP contribution in [0.4, 0.5) is 0 Å². The lowest BCUT2D eigenvalue weighted by Gasteiger charge is -2.06. The lowest BCUT2D eigenvalue weighted by Crippen LogP contribution is -2.25. The third kappa shape index (κ3) is 3.17. The van der Waals surface area contributed by atoms with Crippen LogP contribution in [0.1, 0.15) is 23.2 Å². The Kier molecular flexibility index (Phi) is 3.66. The van der Waals surface area contributed by atoms with E-state index in [2.05, 4.69) is 43.8 Å². The van der Waals surface area contributed by atoms with Gasteiger partial charge in [0.15, 0.2) is 0 Å². The molecule has 1 aromatic rings. The Balaban J connectivity index is 2.05. The Hall–Kier alpha value is -0.100. The molecule has 4 heteroatoms.